The van der Waals surface area contributed by atoms with Gasteiger partial charge in [0.15, 0.2) is 0 Å². The van der Waals surface area contributed by atoms with Crippen molar-refractivity contribution >= 4 is 21.8 Å². The fraction of sp³-hybridized carbons (Fsp3) is 0.0370. The quantitative estimate of drug-likeness (QED) is 0.370. The third kappa shape index (κ3) is 3.11. The van der Waals surface area contributed by atoms with E-state index < -0.39 is 0 Å². The second-order valence-electron chi connectivity index (χ2n) is 7.74. The van der Waals surface area contributed by atoms with E-state index in [1.165, 1.54) is 0 Å². The van der Waals surface area contributed by atoms with E-state index in [1.54, 1.807) is 19.6 Å². The highest BCUT2D eigenvalue weighted by Gasteiger charge is 2.10. The summed E-state index contributed by atoms with van der Waals surface area (Å²) in [5.41, 5.74) is 6.33. The summed E-state index contributed by atoms with van der Waals surface area (Å²) in [4.78, 5) is 12.3. The minimum atomic E-state index is 0.809. The van der Waals surface area contributed by atoms with Gasteiger partial charge in [-0.2, -0.15) is 0 Å². The van der Waals surface area contributed by atoms with Crippen LogP contribution in [0.1, 0.15) is 0 Å². The number of ether oxygens (including phenoxy) is 1. The Morgan fingerprint density at radius 2 is 1.69 bits per heavy atom. The minimum absolute atomic E-state index is 0.809. The van der Waals surface area contributed by atoms with E-state index >= 15 is 0 Å². The SMILES string of the molecule is COc1cc2cc(-c3cccc(-c4nc5ccccc5[nH]4)c3)ccc2cc1-n1ccnc1. The molecule has 0 atom stereocenters. The molecule has 6 rings (SSSR count). The lowest BCUT2D eigenvalue weighted by atomic mass is 9.99. The predicted octanol–water partition coefficient (Wildman–Crippen LogP) is 6.24. The first kappa shape index (κ1) is 18.4. The molecular weight excluding hydrogens is 396 g/mol. The van der Waals surface area contributed by atoms with Gasteiger partial charge in [0.2, 0.25) is 0 Å². The van der Waals surface area contributed by atoms with Crippen LogP contribution >= 0.6 is 0 Å². The number of methoxy groups -OCH3 is 1. The van der Waals surface area contributed by atoms with Crippen LogP contribution in [0.15, 0.2) is 97.6 Å². The number of nitrogens with one attached hydrogen (secondary N) is 1. The van der Waals surface area contributed by atoms with Crippen LogP contribution in [0.4, 0.5) is 0 Å². The zero-order valence-corrected chi connectivity index (χ0v) is 17.5. The lowest BCUT2D eigenvalue weighted by Crippen LogP contribution is -1.96. The predicted molar refractivity (Wildman–Crippen MR) is 128 cm³/mol. The number of H-pyrrole nitrogens is 1. The Kier molecular flexibility index (Phi) is 4.25. The second kappa shape index (κ2) is 7.39. The van der Waals surface area contributed by atoms with Crippen LogP contribution < -0.4 is 4.74 Å². The Labute approximate surface area is 185 Å². The summed E-state index contributed by atoms with van der Waals surface area (Å²) in [5.74, 6) is 1.68. The summed E-state index contributed by atoms with van der Waals surface area (Å²) in [5, 5.41) is 2.27. The van der Waals surface area contributed by atoms with Crippen molar-refractivity contribution in [2.45, 2.75) is 0 Å². The maximum absolute atomic E-state index is 5.67. The van der Waals surface area contributed by atoms with Crippen molar-refractivity contribution in [3.8, 4) is 34.0 Å². The van der Waals surface area contributed by atoms with Gasteiger partial charge in [-0.3, -0.25) is 0 Å². The molecule has 32 heavy (non-hydrogen) atoms. The standard InChI is InChI=1S/C27H20N4O/c1-32-26-16-22-14-19(9-10-20(22)15-25(26)31-12-11-28-17-31)18-5-4-6-21(13-18)27-29-23-7-2-3-8-24(23)30-27/h2-17H,1H3,(H,29,30). The number of fused-ring (bicyclic) bond motifs is 2. The molecule has 0 saturated heterocycles. The first-order chi connectivity index (χ1) is 15.8. The average Bonchev–Trinajstić information content (AvgIpc) is 3.53. The molecule has 4 aromatic carbocycles. The van der Waals surface area contributed by atoms with Crippen molar-refractivity contribution in [3.63, 3.8) is 0 Å². The van der Waals surface area contributed by atoms with Gasteiger partial charge in [-0.05, 0) is 58.3 Å². The van der Waals surface area contributed by atoms with E-state index in [9.17, 15) is 0 Å². The van der Waals surface area contributed by atoms with Crippen LogP contribution in [-0.4, -0.2) is 26.6 Å². The maximum Gasteiger partial charge on any atom is 0.143 e. The number of aromatic nitrogens is 4. The van der Waals surface area contributed by atoms with Crippen molar-refractivity contribution < 1.29 is 4.74 Å². The van der Waals surface area contributed by atoms with E-state index in [4.69, 9.17) is 9.72 Å². The molecule has 5 heteroatoms. The Bertz CT molecular complexity index is 1530. The van der Waals surface area contributed by atoms with Crippen molar-refractivity contribution in [2.75, 3.05) is 7.11 Å². The summed E-state index contributed by atoms with van der Waals surface area (Å²) in [7, 11) is 1.70. The second-order valence-corrected chi connectivity index (χ2v) is 7.74. The number of imidazole rings is 2. The molecule has 6 aromatic rings. The Morgan fingerprint density at radius 3 is 2.53 bits per heavy atom. The summed E-state index contributed by atoms with van der Waals surface area (Å²) in [6.45, 7) is 0. The van der Waals surface area contributed by atoms with Crippen LogP contribution in [0.5, 0.6) is 5.75 Å². The highest BCUT2D eigenvalue weighted by Crippen LogP contribution is 2.33. The lowest BCUT2D eigenvalue weighted by Gasteiger charge is -2.12. The zero-order valence-electron chi connectivity index (χ0n) is 17.5. The summed E-state index contributed by atoms with van der Waals surface area (Å²) >= 11 is 0. The monoisotopic (exact) mass is 416 g/mol. The summed E-state index contributed by atoms with van der Waals surface area (Å²) in [6, 6.07) is 27.3. The van der Waals surface area contributed by atoms with Crippen LogP contribution in [0.2, 0.25) is 0 Å². The van der Waals surface area contributed by atoms with E-state index in [0.29, 0.717) is 0 Å². The van der Waals surface area contributed by atoms with E-state index in [2.05, 4.69) is 64.6 Å². The number of hydrogen-bond donors (Lipinski definition) is 1. The van der Waals surface area contributed by atoms with Gasteiger partial charge in [0.25, 0.3) is 0 Å². The first-order valence-corrected chi connectivity index (χ1v) is 10.4. The highest BCUT2D eigenvalue weighted by atomic mass is 16.5. The summed E-state index contributed by atoms with van der Waals surface area (Å²) in [6.07, 6.45) is 5.46. The van der Waals surface area contributed by atoms with Gasteiger partial charge in [-0.1, -0.05) is 42.5 Å². The Morgan fingerprint density at radius 1 is 0.812 bits per heavy atom. The number of aromatic amines is 1. The third-order valence-electron chi connectivity index (χ3n) is 5.78. The Balaban J connectivity index is 1.43. The van der Waals surface area contributed by atoms with E-state index in [0.717, 1.165) is 55.8 Å². The molecule has 0 fully saturated rings. The van der Waals surface area contributed by atoms with Gasteiger partial charge in [0.1, 0.15) is 11.6 Å². The maximum atomic E-state index is 5.67. The smallest absolute Gasteiger partial charge is 0.143 e. The fourth-order valence-corrected chi connectivity index (χ4v) is 4.15. The molecule has 2 heterocycles. The van der Waals surface area contributed by atoms with Crippen LogP contribution in [0.25, 0.3) is 50.0 Å². The number of rotatable bonds is 4. The van der Waals surface area contributed by atoms with Crippen LogP contribution in [0, 0.1) is 0 Å². The molecule has 0 aliphatic rings. The molecule has 0 bridgehead atoms. The van der Waals surface area contributed by atoms with Crippen molar-refractivity contribution in [1.29, 1.82) is 0 Å². The van der Waals surface area contributed by atoms with Gasteiger partial charge >= 0.3 is 0 Å². The molecule has 0 amide bonds. The molecular formula is C27H20N4O. The van der Waals surface area contributed by atoms with Crippen molar-refractivity contribution in [1.82, 2.24) is 19.5 Å². The minimum Gasteiger partial charge on any atom is -0.495 e. The molecule has 0 aliphatic heterocycles. The molecule has 0 aliphatic carbocycles. The first-order valence-electron chi connectivity index (χ1n) is 10.4. The zero-order chi connectivity index (χ0) is 21.5. The lowest BCUT2D eigenvalue weighted by molar-refractivity contribution is 0.413. The van der Waals surface area contributed by atoms with E-state index in [-0.39, 0.29) is 0 Å². The normalized spacial score (nSPS) is 11.3. The molecule has 0 unspecified atom stereocenters. The topological polar surface area (TPSA) is 55.7 Å². The van der Waals surface area contributed by atoms with Crippen molar-refractivity contribution in [3.05, 3.63) is 97.6 Å². The van der Waals surface area contributed by atoms with E-state index in [1.807, 2.05) is 35.0 Å². The van der Waals surface area contributed by atoms with Crippen LogP contribution in [-0.2, 0) is 0 Å². The molecule has 5 nitrogen and oxygen atoms in total. The molecule has 2 aromatic heterocycles. The van der Waals surface area contributed by atoms with Gasteiger partial charge in [-0.15, -0.1) is 0 Å². The molecule has 0 radical (unpaired) electrons. The molecule has 0 spiro atoms. The van der Waals surface area contributed by atoms with Crippen LogP contribution in [0.3, 0.4) is 0 Å². The van der Waals surface area contributed by atoms with Gasteiger partial charge in [-0.25, -0.2) is 9.97 Å². The van der Waals surface area contributed by atoms with Gasteiger partial charge in [0.05, 0.1) is 30.2 Å². The molecule has 1 N–H and O–H groups in total. The number of nitrogens with zero attached hydrogens (tertiary/aromatic N) is 3. The van der Waals surface area contributed by atoms with Crippen molar-refractivity contribution in [2.24, 2.45) is 0 Å². The third-order valence-corrected chi connectivity index (χ3v) is 5.78. The average molecular weight is 416 g/mol. The molecule has 0 saturated carbocycles. The summed E-state index contributed by atoms with van der Waals surface area (Å²) < 4.78 is 7.63. The van der Waals surface area contributed by atoms with Gasteiger partial charge in [0, 0.05) is 18.0 Å². The number of benzene rings is 4. The van der Waals surface area contributed by atoms with Gasteiger partial charge < -0.3 is 14.3 Å². The Hall–Kier alpha value is -4.38. The largest absolute Gasteiger partial charge is 0.495 e. The highest BCUT2D eigenvalue weighted by molar-refractivity contribution is 5.91. The fourth-order valence-electron chi connectivity index (χ4n) is 4.15. The number of hydrogen-bond acceptors (Lipinski definition) is 3. The molecule has 154 valence electrons. The number of para-hydroxylation sites is 2.